The minimum Gasteiger partial charge on any atom is -0.489 e. The summed E-state index contributed by atoms with van der Waals surface area (Å²) in [5, 5.41) is 0.517. The minimum absolute atomic E-state index is 0.0864. The maximum atomic E-state index is 12.9. The molecule has 26 heavy (non-hydrogen) atoms. The summed E-state index contributed by atoms with van der Waals surface area (Å²) in [6, 6.07) is 13.6. The summed E-state index contributed by atoms with van der Waals surface area (Å²) in [7, 11) is 1.79. The van der Waals surface area contributed by atoms with Crippen molar-refractivity contribution < 1.29 is 13.9 Å². The summed E-state index contributed by atoms with van der Waals surface area (Å²) >= 11 is 5.29. The number of likely N-dealkylation sites (N-methyl/N-ethyl adjacent to an activating group) is 2. The van der Waals surface area contributed by atoms with Crippen molar-refractivity contribution in [1.29, 1.82) is 0 Å². The third-order valence-corrected chi connectivity index (χ3v) is 4.66. The Labute approximate surface area is 157 Å². The average molecular weight is 370 g/mol. The molecule has 2 aromatic rings. The van der Waals surface area contributed by atoms with E-state index >= 15 is 0 Å². The number of nitrogens with zero attached hydrogens (tertiary/aromatic N) is 2. The van der Waals surface area contributed by atoms with Crippen LogP contribution in [0.1, 0.15) is 18.1 Å². The van der Waals surface area contributed by atoms with Crippen LogP contribution < -0.4 is 4.74 Å². The van der Waals surface area contributed by atoms with Crippen molar-refractivity contribution >= 4 is 29.3 Å². The van der Waals surface area contributed by atoms with Gasteiger partial charge in [-0.25, -0.2) is 4.39 Å². The molecule has 1 fully saturated rings. The minimum atomic E-state index is -0.265. The van der Waals surface area contributed by atoms with Crippen LogP contribution in [0.15, 0.2) is 54.2 Å². The van der Waals surface area contributed by atoms with Crippen LogP contribution in [0.25, 0.3) is 6.08 Å². The number of thiocarbonyl (C=S) groups is 1. The zero-order chi connectivity index (χ0) is 18.7. The molecule has 3 rings (SSSR count). The molecule has 0 N–H and O–H groups in total. The highest BCUT2D eigenvalue weighted by Crippen LogP contribution is 2.23. The second-order valence-electron chi connectivity index (χ2n) is 5.90. The lowest BCUT2D eigenvalue weighted by Gasteiger charge is -2.13. The molecule has 6 heteroatoms. The highest BCUT2D eigenvalue weighted by atomic mass is 32.1. The Morgan fingerprint density at radius 3 is 2.35 bits per heavy atom. The molecule has 1 aliphatic rings. The van der Waals surface area contributed by atoms with Crippen molar-refractivity contribution in [3.63, 3.8) is 0 Å². The van der Waals surface area contributed by atoms with E-state index in [-0.39, 0.29) is 11.7 Å². The number of benzene rings is 2. The van der Waals surface area contributed by atoms with E-state index in [2.05, 4.69) is 0 Å². The Bertz CT molecular complexity index is 847. The van der Waals surface area contributed by atoms with E-state index in [0.29, 0.717) is 29.7 Å². The molecule has 0 unspecified atom stereocenters. The van der Waals surface area contributed by atoms with Crippen molar-refractivity contribution in [3.8, 4) is 5.75 Å². The summed E-state index contributed by atoms with van der Waals surface area (Å²) in [6.07, 6.45) is 1.81. The second kappa shape index (κ2) is 7.66. The van der Waals surface area contributed by atoms with Crippen LogP contribution in [0.4, 0.5) is 4.39 Å². The van der Waals surface area contributed by atoms with Gasteiger partial charge in [0.2, 0.25) is 0 Å². The predicted molar refractivity (Wildman–Crippen MR) is 103 cm³/mol. The standard InChI is InChI=1S/C20H19FN2O2S/c1-3-23-19(24)18(22(2)20(23)26)12-14-6-10-17(11-7-14)25-13-15-4-8-16(21)9-5-15/h4-12H,3,13H2,1-2H3/b18-12-. The number of hydrogen-bond donors (Lipinski definition) is 0. The molecule has 134 valence electrons. The molecule has 0 aromatic heterocycles. The highest BCUT2D eigenvalue weighted by molar-refractivity contribution is 7.80. The third kappa shape index (κ3) is 3.75. The Balaban J connectivity index is 1.68. The van der Waals surface area contributed by atoms with Gasteiger partial charge in [-0.1, -0.05) is 24.3 Å². The number of carbonyl (C=O) groups excluding carboxylic acids is 1. The fourth-order valence-electron chi connectivity index (χ4n) is 2.66. The fraction of sp³-hybridized carbons (Fsp3) is 0.200. The van der Waals surface area contributed by atoms with Crippen LogP contribution in [0, 0.1) is 5.82 Å². The smallest absolute Gasteiger partial charge is 0.276 e. The molecule has 1 saturated heterocycles. The average Bonchev–Trinajstić information content (AvgIpc) is 2.85. The number of amides is 1. The molecule has 1 heterocycles. The summed E-state index contributed by atoms with van der Waals surface area (Å²) in [4.78, 5) is 15.7. The van der Waals surface area contributed by atoms with Crippen LogP contribution >= 0.6 is 12.2 Å². The van der Waals surface area contributed by atoms with Gasteiger partial charge >= 0.3 is 0 Å². The molecule has 0 saturated carbocycles. The number of halogens is 1. The Hall–Kier alpha value is -2.73. The summed E-state index contributed by atoms with van der Waals surface area (Å²) in [6.45, 7) is 2.81. The van der Waals surface area contributed by atoms with Crippen molar-refractivity contribution in [2.24, 2.45) is 0 Å². The maximum Gasteiger partial charge on any atom is 0.276 e. The van der Waals surface area contributed by atoms with E-state index in [4.69, 9.17) is 17.0 Å². The first-order chi connectivity index (χ1) is 12.5. The topological polar surface area (TPSA) is 32.8 Å². The van der Waals surface area contributed by atoms with Crippen LogP contribution in [0.5, 0.6) is 5.75 Å². The molecule has 2 aromatic carbocycles. The van der Waals surface area contributed by atoms with Gasteiger partial charge in [-0.05, 0) is 60.6 Å². The van der Waals surface area contributed by atoms with Crippen LogP contribution in [0.3, 0.4) is 0 Å². The number of hydrogen-bond acceptors (Lipinski definition) is 3. The maximum absolute atomic E-state index is 12.9. The molecule has 1 amide bonds. The van der Waals surface area contributed by atoms with Crippen LogP contribution in [-0.2, 0) is 11.4 Å². The number of rotatable bonds is 5. The predicted octanol–water partition coefficient (Wildman–Crippen LogP) is 3.82. The first-order valence-corrected chi connectivity index (χ1v) is 8.69. The van der Waals surface area contributed by atoms with Gasteiger partial charge in [-0.15, -0.1) is 0 Å². The van der Waals surface area contributed by atoms with E-state index in [1.54, 1.807) is 29.0 Å². The van der Waals surface area contributed by atoms with Crippen molar-refractivity contribution in [2.75, 3.05) is 13.6 Å². The van der Waals surface area contributed by atoms with E-state index in [1.165, 1.54) is 12.1 Å². The summed E-state index contributed by atoms with van der Waals surface area (Å²) < 4.78 is 18.6. The third-order valence-electron chi connectivity index (χ3n) is 4.16. The highest BCUT2D eigenvalue weighted by Gasteiger charge is 2.34. The monoisotopic (exact) mass is 370 g/mol. The molecule has 0 aliphatic carbocycles. The van der Waals surface area contributed by atoms with Crippen molar-refractivity contribution in [1.82, 2.24) is 9.80 Å². The van der Waals surface area contributed by atoms with Gasteiger partial charge in [0.15, 0.2) is 5.11 Å². The van der Waals surface area contributed by atoms with Crippen molar-refractivity contribution in [2.45, 2.75) is 13.5 Å². The van der Waals surface area contributed by atoms with E-state index < -0.39 is 0 Å². The largest absolute Gasteiger partial charge is 0.489 e. The van der Waals surface area contributed by atoms with E-state index in [0.717, 1.165) is 11.1 Å². The summed E-state index contributed by atoms with van der Waals surface area (Å²) in [5.41, 5.74) is 2.33. The first kappa shape index (κ1) is 18.1. The normalized spacial score (nSPS) is 15.9. The number of ether oxygens (including phenoxy) is 1. The molecular formula is C20H19FN2O2S. The molecule has 0 bridgehead atoms. The van der Waals surface area contributed by atoms with Crippen LogP contribution in [-0.4, -0.2) is 34.4 Å². The van der Waals surface area contributed by atoms with Gasteiger partial charge in [-0.2, -0.15) is 0 Å². The zero-order valence-electron chi connectivity index (χ0n) is 14.6. The SMILES string of the molecule is CCN1C(=O)/C(=C/c2ccc(OCc3ccc(F)cc3)cc2)N(C)C1=S. The number of carbonyl (C=O) groups is 1. The second-order valence-corrected chi connectivity index (χ2v) is 6.27. The lowest BCUT2D eigenvalue weighted by atomic mass is 10.1. The van der Waals surface area contributed by atoms with Gasteiger partial charge < -0.3 is 9.64 Å². The molecule has 4 nitrogen and oxygen atoms in total. The molecular weight excluding hydrogens is 351 g/mol. The van der Waals surface area contributed by atoms with Gasteiger partial charge in [0.1, 0.15) is 23.9 Å². The fourth-order valence-corrected chi connectivity index (χ4v) is 2.97. The van der Waals surface area contributed by atoms with Crippen LogP contribution in [0.2, 0.25) is 0 Å². The Morgan fingerprint density at radius 2 is 1.77 bits per heavy atom. The Morgan fingerprint density at radius 1 is 1.12 bits per heavy atom. The quantitative estimate of drug-likeness (QED) is 0.592. The van der Waals surface area contributed by atoms with E-state index in [9.17, 15) is 9.18 Å². The van der Waals surface area contributed by atoms with E-state index in [1.807, 2.05) is 37.3 Å². The lowest BCUT2D eigenvalue weighted by Crippen LogP contribution is -2.30. The molecule has 0 radical (unpaired) electrons. The lowest BCUT2D eigenvalue weighted by molar-refractivity contribution is -0.122. The molecule has 0 atom stereocenters. The Kier molecular flexibility index (Phi) is 5.32. The van der Waals surface area contributed by atoms with Gasteiger partial charge in [-0.3, -0.25) is 9.69 Å². The zero-order valence-corrected chi connectivity index (χ0v) is 15.4. The molecule has 0 spiro atoms. The summed E-state index contributed by atoms with van der Waals surface area (Å²) in [5.74, 6) is 0.351. The van der Waals surface area contributed by atoms with Gasteiger partial charge in [0, 0.05) is 13.6 Å². The van der Waals surface area contributed by atoms with Crippen molar-refractivity contribution in [3.05, 3.63) is 71.2 Å². The van der Waals surface area contributed by atoms with Gasteiger partial charge in [0.05, 0.1) is 0 Å². The molecule has 1 aliphatic heterocycles. The first-order valence-electron chi connectivity index (χ1n) is 8.28. The van der Waals surface area contributed by atoms with Gasteiger partial charge in [0.25, 0.3) is 5.91 Å².